The first-order valence-corrected chi connectivity index (χ1v) is 6.45. The van der Waals surface area contributed by atoms with Gasteiger partial charge in [0.05, 0.1) is 10.7 Å². The van der Waals surface area contributed by atoms with E-state index in [0.29, 0.717) is 16.3 Å². The van der Waals surface area contributed by atoms with Gasteiger partial charge in [0, 0.05) is 11.1 Å². The van der Waals surface area contributed by atoms with Crippen molar-refractivity contribution >= 4 is 23.1 Å². The summed E-state index contributed by atoms with van der Waals surface area (Å²) < 4.78 is 0. The van der Waals surface area contributed by atoms with E-state index in [1.54, 1.807) is 18.2 Å². The molecule has 0 spiro atoms. The Labute approximate surface area is 118 Å². The van der Waals surface area contributed by atoms with Gasteiger partial charge >= 0.3 is 0 Å². The van der Waals surface area contributed by atoms with Crippen molar-refractivity contribution in [3.8, 4) is 0 Å². The maximum absolute atomic E-state index is 12.6. The molecule has 2 nitrogen and oxygen atoms in total. The molecule has 0 aromatic heterocycles. The maximum Gasteiger partial charge on any atom is 0.193 e. The van der Waals surface area contributed by atoms with E-state index in [9.17, 15) is 4.79 Å². The van der Waals surface area contributed by atoms with E-state index in [2.05, 4.69) is 0 Å². The summed E-state index contributed by atoms with van der Waals surface area (Å²) in [6.45, 7) is 5.92. The van der Waals surface area contributed by atoms with Gasteiger partial charge in [0.2, 0.25) is 0 Å². The zero-order valence-electron chi connectivity index (χ0n) is 11.3. The van der Waals surface area contributed by atoms with Crippen molar-refractivity contribution in [1.82, 2.24) is 0 Å². The molecule has 0 unspecified atom stereocenters. The van der Waals surface area contributed by atoms with Crippen molar-refractivity contribution in [2.75, 3.05) is 5.73 Å². The van der Waals surface area contributed by atoms with Gasteiger partial charge < -0.3 is 5.73 Å². The highest BCUT2D eigenvalue weighted by Crippen LogP contribution is 2.24. The van der Waals surface area contributed by atoms with Crippen LogP contribution in [0, 0.1) is 20.8 Å². The van der Waals surface area contributed by atoms with Gasteiger partial charge in [0.25, 0.3) is 0 Å². The lowest BCUT2D eigenvalue weighted by atomic mass is 9.93. The van der Waals surface area contributed by atoms with E-state index in [-0.39, 0.29) is 5.78 Å². The van der Waals surface area contributed by atoms with E-state index < -0.39 is 0 Å². The number of ketones is 1. The molecule has 0 aliphatic carbocycles. The third-order valence-electron chi connectivity index (χ3n) is 3.17. The Balaban J connectivity index is 2.53. The number of carbonyl (C=O) groups is 1. The molecule has 0 aliphatic heterocycles. The molecule has 3 heteroatoms. The Morgan fingerprint density at radius 3 is 2.16 bits per heavy atom. The number of aryl methyl sites for hydroxylation is 3. The number of carbonyl (C=O) groups excluding carboxylic acids is 1. The van der Waals surface area contributed by atoms with E-state index in [0.717, 1.165) is 22.3 Å². The van der Waals surface area contributed by atoms with Crippen molar-refractivity contribution < 1.29 is 4.79 Å². The zero-order chi connectivity index (χ0) is 14.2. The van der Waals surface area contributed by atoms with Crippen molar-refractivity contribution in [3.05, 3.63) is 63.2 Å². The molecule has 19 heavy (non-hydrogen) atoms. The van der Waals surface area contributed by atoms with Gasteiger partial charge in [0.1, 0.15) is 0 Å². The Bertz CT molecular complexity index is 639. The first kappa shape index (κ1) is 13.6. The number of benzene rings is 2. The molecule has 0 saturated carbocycles. The van der Waals surface area contributed by atoms with Crippen molar-refractivity contribution in [3.63, 3.8) is 0 Å². The largest absolute Gasteiger partial charge is 0.398 e. The number of halogens is 1. The smallest absolute Gasteiger partial charge is 0.193 e. The number of hydrogen-bond acceptors (Lipinski definition) is 2. The summed E-state index contributed by atoms with van der Waals surface area (Å²) in [4.78, 5) is 12.6. The highest BCUT2D eigenvalue weighted by Gasteiger charge is 2.15. The van der Waals surface area contributed by atoms with E-state index in [1.165, 1.54) is 0 Å². The van der Waals surface area contributed by atoms with Crippen LogP contribution in [0.3, 0.4) is 0 Å². The average molecular weight is 274 g/mol. The molecule has 2 N–H and O–H groups in total. The summed E-state index contributed by atoms with van der Waals surface area (Å²) in [5, 5.41) is 0.410. The van der Waals surface area contributed by atoms with Crippen LogP contribution in [-0.4, -0.2) is 5.78 Å². The molecule has 0 saturated heterocycles. The number of anilines is 1. The third kappa shape index (κ3) is 2.64. The Hall–Kier alpha value is -1.80. The second kappa shape index (κ2) is 5.06. The minimum absolute atomic E-state index is 0.0168. The zero-order valence-corrected chi connectivity index (χ0v) is 12.0. The first-order valence-electron chi connectivity index (χ1n) is 6.07. The second-order valence-electron chi connectivity index (χ2n) is 4.84. The van der Waals surface area contributed by atoms with Crippen molar-refractivity contribution in [2.24, 2.45) is 0 Å². The summed E-state index contributed by atoms with van der Waals surface area (Å²) in [5.74, 6) is -0.0168. The predicted molar refractivity (Wildman–Crippen MR) is 79.9 cm³/mol. The fourth-order valence-corrected chi connectivity index (χ4v) is 2.53. The molecule has 2 rings (SSSR count). The van der Waals surface area contributed by atoms with Crippen LogP contribution >= 0.6 is 11.6 Å². The summed E-state index contributed by atoms with van der Waals surface area (Å²) >= 11 is 5.97. The number of rotatable bonds is 2. The van der Waals surface area contributed by atoms with E-state index in [4.69, 9.17) is 17.3 Å². The SMILES string of the molecule is Cc1cc(C)c(C(=O)c2ccc(N)c(Cl)c2)c(C)c1. The minimum Gasteiger partial charge on any atom is -0.398 e. The van der Waals surface area contributed by atoms with Gasteiger partial charge in [-0.3, -0.25) is 4.79 Å². The fraction of sp³-hybridized carbons (Fsp3) is 0.188. The van der Waals surface area contributed by atoms with Gasteiger partial charge in [-0.1, -0.05) is 29.3 Å². The Morgan fingerprint density at radius 1 is 1.05 bits per heavy atom. The highest BCUT2D eigenvalue weighted by molar-refractivity contribution is 6.33. The topological polar surface area (TPSA) is 43.1 Å². The van der Waals surface area contributed by atoms with Crippen LogP contribution < -0.4 is 5.73 Å². The molecule has 0 atom stereocenters. The number of hydrogen-bond donors (Lipinski definition) is 1. The standard InChI is InChI=1S/C16H16ClNO/c1-9-6-10(2)15(11(3)7-9)16(19)12-4-5-14(18)13(17)8-12/h4-8H,18H2,1-3H3. The Morgan fingerprint density at radius 2 is 1.63 bits per heavy atom. The summed E-state index contributed by atoms with van der Waals surface area (Å²) in [6.07, 6.45) is 0. The van der Waals surface area contributed by atoms with Gasteiger partial charge in [0.15, 0.2) is 5.78 Å². The summed E-state index contributed by atoms with van der Waals surface area (Å²) in [6, 6.07) is 9.02. The van der Waals surface area contributed by atoms with Crippen LogP contribution in [0.25, 0.3) is 0 Å². The third-order valence-corrected chi connectivity index (χ3v) is 3.49. The van der Waals surface area contributed by atoms with Gasteiger partial charge in [-0.2, -0.15) is 0 Å². The minimum atomic E-state index is -0.0168. The van der Waals surface area contributed by atoms with Crippen LogP contribution in [0.2, 0.25) is 5.02 Å². The van der Waals surface area contributed by atoms with Crippen molar-refractivity contribution in [2.45, 2.75) is 20.8 Å². The number of nitrogen functional groups attached to an aromatic ring is 1. The lowest BCUT2D eigenvalue weighted by molar-refractivity contribution is 0.103. The molecule has 0 fully saturated rings. The lowest BCUT2D eigenvalue weighted by Crippen LogP contribution is -2.07. The summed E-state index contributed by atoms with van der Waals surface area (Å²) in [7, 11) is 0. The molecular weight excluding hydrogens is 258 g/mol. The van der Waals surface area contributed by atoms with Gasteiger partial charge in [-0.25, -0.2) is 0 Å². The van der Waals surface area contributed by atoms with Gasteiger partial charge in [-0.15, -0.1) is 0 Å². The maximum atomic E-state index is 12.6. The molecule has 0 radical (unpaired) electrons. The molecule has 0 bridgehead atoms. The Kier molecular flexibility index (Phi) is 3.63. The first-order chi connectivity index (χ1) is 8.90. The van der Waals surface area contributed by atoms with Crippen molar-refractivity contribution in [1.29, 1.82) is 0 Å². The summed E-state index contributed by atoms with van der Waals surface area (Å²) in [5.41, 5.74) is 10.6. The van der Waals surface area contributed by atoms with Crippen LogP contribution in [0.4, 0.5) is 5.69 Å². The molecule has 0 heterocycles. The van der Waals surface area contributed by atoms with Crippen LogP contribution in [0.5, 0.6) is 0 Å². The lowest BCUT2D eigenvalue weighted by Gasteiger charge is -2.11. The molecule has 0 amide bonds. The highest BCUT2D eigenvalue weighted by atomic mass is 35.5. The second-order valence-corrected chi connectivity index (χ2v) is 5.25. The van der Waals surface area contributed by atoms with E-state index >= 15 is 0 Å². The fourth-order valence-electron chi connectivity index (χ4n) is 2.35. The van der Waals surface area contributed by atoms with E-state index in [1.807, 2.05) is 32.9 Å². The molecule has 98 valence electrons. The molecular formula is C16H16ClNO. The van der Waals surface area contributed by atoms with Gasteiger partial charge in [-0.05, 0) is 50.1 Å². The normalized spacial score (nSPS) is 10.5. The molecule has 2 aromatic carbocycles. The predicted octanol–water partition coefficient (Wildman–Crippen LogP) is 4.08. The van der Waals surface area contributed by atoms with Crippen LogP contribution in [-0.2, 0) is 0 Å². The molecule has 2 aromatic rings. The number of nitrogens with two attached hydrogens (primary N) is 1. The van der Waals surface area contributed by atoms with Crippen LogP contribution in [0.1, 0.15) is 32.6 Å². The monoisotopic (exact) mass is 273 g/mol. The molecule has 0 aliphatic rings. The quantitative estimate of drug-likeness (QED) is 0.662. The average Bonchev–Trinajstić information content (AvgIpc) is 2.31. The van der Waals surface area contributed by atoms with Crippen LogP contribution in [0.15, 0.2) is 30.3 Å².